The molecule has 0 bridgehead atoms. The lowest BCUT2D eigenvalue weighted by Crippen LogP contribution is -2.29. The summed E-state index contributed by atoms with van der Waals surface area (Å²) in [6, 6.07) is 12.1. The van der Waals surface area contributed by atoms with E-state index < -0.39 is 0 Å². The van der Waals surface area contributed by atoms with Crippen LogP contribution in [-0.4, -0.2) is 46.6 Å². The largest absolute Gasteiger partial charge is 0.469 e. The highest BCUT2D eigenvalue weighted by Crippen LogP contribution is 2.25. The molecule has 0 aliphatic rings. The van der Waals surface area contributed by atoms with E-state index in [9.17, 15) is 4.79 Å². The summed E-state index contributed by atoms with van der Waals surface area (Å²) in [5.74, 6) is 1.84. The van der Waals surface area contributed by atoms with Crippen LogP contribution < -0.4 is 10.2 Å². The SMILES string of the molecule is Cc1occc1-c1nnc(SCC(=O)NCCCN(C)c2ccccc2)n1C. The minimum Gasteiger partial charge on any atom is -0.469 e. The lowest BCUT2D eigenvalue weighted by atomic mass is 10.2. The van der Waals surface area contributed by atoms with Gasteiger partial charge in [0.05, 0.1) is 17.6 Å². The molecular formula is C20H25N5O2S. The monoisotopic (exact) mass is 399 g/mol. The molecule has 1 amide bonds. The highest BCUT2D eigenvalue weighted by Gasteiger charge is 2.15. The van der Waals surface area contributed by atoms with E-state index in [0.717, 1.165) is 30.1 Å². The molecule has 0 spiro atoms. The zero-order chi connectivity index (χ0) is 19.9. The molecule has 0 saturated carbocycles. The van der Waals surface area contributed by atoms with Crippen molar-refractivity contribution in [3.8, 4) is 11.4 Å². The zero-order valence-electron chi connectivity index (χ0n) is 16.4. The second-order valence-electron chi connectivity index (χ2n) is 6.50. The van der Waals surface area contributed by atoms with E-state index in [-0.39, 0.29) is 5.91 Å². The number of furan rings is 1. The number of rotatable bonds is 9. The van der Waals surface area contributed by atoms with Crippen LogP contribution in [0.2, 0.25) is 0 Å². The van der Waals surface area contributed by atoms with Crippen LogP contribution in [0, 0.1) is 6.92 Å². The Morgan fingerprint density at radius 1 is 1.25 bits per heavy atom. The van der Waals surface area contributed by atoms with E-state index in [0.29, 0.717) is 17.5 Å². The Morgan fingerprint density at radius 2 is 2.04 bits per heavy atom. The first-order valence-corrected chi connectivity index (χ1v) is 10.1. The van der Waals surface area contributed by atoms with E-state index in [1.807, 2.05) is 42.8 Å². The van der Waals surface area contributed by atoms with Gasteiger partial charge in [0, 0.05) is 32.9 Å². The first kappa shape index (κ1) is 20.0. The van der Waals surface area contributed by atoms with Crippen molar-refractivity contribution >= 4 is 23.4 Å². The maximum absolute atomic E-state index is 12.1. The predicted molar refractivity (Wildman–Crippen MR) is 112 cm³/mol. The molecule has 0 radical (unpaired) electrons. The van der Waals surface area contributed by atoms with Crippen LogP contribution in [0.4, 0.5) is 5.69 Å². The lowest BCUT2D eigenvalue weighted by molar-refractivity contribution is -0.118. The normalized spacial score (nSPS) is 10.8. The minimum atomic E-state index is -0.00333. The second-order valence-corrected chi connectivity index (χ2v) is 7.45. The van der Waals surface area contributed by atoms with Gasteiger partial charge in [0.25, 0.3) is 0 Å². The van der Waals surface area contributed by atoms with Gasteiger partial charge in [-0.15, -0.1) is 10.2 Å². The van der Waals surface area contributed by atoms with Crippen molar-refractivity contribution < 1.29 is 9.21 Å². The smallest absolute Gasteiger partial charge is 0.230 e. The molecule has 148 valence electrons. The van der Waals surface area contributed by atoms with Crippen LogP contribution in [0.15, 0.2) is 52.2 Å². The van der Waals surface area contributed by atoms with E-state index in [4.69, 9.17) is 4.42 Å². The molecule has 3 rings (SSSR count). The Kier molecular flexibility index (Phi) is 6.76. The van der Waals surface area contributed by atoms with Crippen LogP contribution in [0.1, 0.15) is 12.2 Å². The second kappa shape index (κ2) is 9.45. The molecular weight excluding hydrogens is 374 g/mol. The van der Waals surface area contributed by atoms with Crippen LogP contribution in [0.25, 0.3) is 11.4 Å². The van der Waals surface area contributed by atoms with Gasteiger partial charge >= 0.3 is 0 Å². The molecule has 7 nitrogen and oxygen atoms in total. The van der Waals surface area contributed by atoms with Crippen molar-refractivity contribution in [2.24, 2.45) is 7.05 Å². The van der Waals surface area contributed by atoms with Gasteiger partial charge in [-0.2, -0.15) is 0 Å². The maximum Gasteiger partial charge on any atom is 0.230 e. The molecule has 0 fully saturated rings. The first-order chi connectivity index (χ1) is 13.6. The number of carbonyl (C=O) groups excluding carboxylic acids is 1. The number of thioether (sulfide) groups is 1. The number of aryl methyl sites for hydroxylation is 1. The molecule has 0 atom stereocenters. The van der Waals surface area contributed by atoms with Crippen LogP contribution in [0.3, 0.4) is 0 Å². The zero-order valence-corrected chi connectivity index (χ0v) is 17.2. The molecule has 2 heterocycles. The number of amides is 1. The van der Waals surface area contributed by atoms with E-state index in [1.54, 1.807) is 6.26 Å². The quantitative estimate of drug-likeness (QED) is 0.440. The molecule has 28 heavy (non-hydrogen) atoms. The molecule has 8 heteroatoms. The number of benzene rings is 1. The molecule has 0 saturated heterocycles. The molecule has 2 aromatic heterocycles. The molecule has 1 N–H and O–H groups in total. The van der Waals surface area contributed by atoms with Gasteiger partial charge in [-0.3, -0.25) is 4.79 Å². The van der Waals surface area contributed by atoms with Crippen molar-refractivity contribution in [3.05, 3.63) is 48.4 Å². The number of nitrogens with one attached hydrogen (secondary N) is 1. The Hall–Kier alpha value is -2.74. The topological polar surface area (TPSA) is 76.2 Å². The number of nitrogens with zero attached hydrogens (tertiary/aromatic N) is 4. The Bertz CT molecular complexity index is 906. The summed E-state index contributed by atoms with van der Waals surface area (Å²) in [7, 11) is 3.95. The van der Waals surface area contributed by atoms with Gasteiger partial charge in [-0.05, 0) is 31.5 Å². The van der Waals surface area contributed by atoms with Crippen molar-refractivity contribution in [1.29, 1.82) is 0 Å². The van der Waals surface area contributed by atoms with Gasteiger partial charge < -0.3 is 19.2 Å². The van der Waals surface area contributed by atoms with Crippen LogP contribution in [-0.2, 0) is 11.8 Å². The summed E-state index contributed by atoms with van der Waals surface area (Å²) in [5.41, 5.74) is 2.09. The van der Waals surface area contributed by atoms with Crippen molar-refractivity contribution in [3.63, 3.8) is 0 Å². The van der Waals surface area contributed by atoms with Crippen LogP contribution in [0.5, 0.6) is 0 Å². The molecule has 0 unspecified atom stereocenters. The van der Waals surface area contributed by atoms with Crippen molar-refractivity contribution in [2.45, 2.75) is 18.5 Å². The van der Waals surface area contributed by atoms with Gasteiger partial charge in [-0.1, -0.05) is 30.0 Å². The lowest BCUT2D eigenvalue weighted by Gasteiger charge is -2.19. The third-order valence-corrected chi connectivity index (χ3v) is 5.48. The summed E-state index contributed by atoms with van der Waals surface area (Å²) >= 11 is 1.38. The third-order valence-electron chi connectivity index (χ3n) is 4.46. The highest BCUT2D eigenvalue weighted by molar-refractivity contribution is 7.99. The number of para-hydroxylation sites is 1. The Balaban J connectivity index is 1.40. The number of aromatic nitrogens is 3. The fourth-order valence-corrected chi connectivity index (χ4v) is 3.57. The van der Waals surface area contributed by atoms with E-state index >= 15 is 0 Å². The molecule has 0 aliphatic heterocycles. The fraction of sp³-hybridized carbons (Fsp3) is 0.350. The molecule has 3 aromatic rings. The fourth-order valence-electron chi connectivity index (χ4n) is 2.83. The average molecular weight is 400 g/mol. The molecule has 1 aromatic carbocycles. The summed E-state index contributed by atoms with van der Waals surface area (Å²) in [6.45, 7) is 3.42. The van der Waals surface area contributed by atoms with Gasteiger partial charge in [0.1, 0.15) is 5.76 Å². The van der Waals surface area contributed by atoms with E-state index in [2.05, 4.69) is 39.6 Å². The van der Waals surface area contributed by atoms with Crippen molar-refractivity contribution in [2.75, 3.05) is 30.8 Å². The van der Waals surface area contributed by atoms with Crippen LogP contribution >= 0.6 is 11.8 Å². The summed E-state index contributed by atoms with van der Waals surface area (Å²) in [4.78, 5) is 14.3. The average Bonchev–Trinajstić information content (AvgIpc) is 3.29. The Morgan fingerprint density at radius 3 is 2.75 bits per heavy atom. The maximum atomic E-state index is 12.1. The molecule has 0 aliphatic carbocycles. The third kappa shape index (κ3) is 4.95. The minimum absolute atomic E-state index is 0.00333. The summed E-state index contributed by atoms with van der Waals surface area (Å²) in [6.07, 6.45) is 2.52. The summed E-state index contributed by atoms with van der Waals surface area (Å²) in [5, 5.41) is 12.1. The highest BCUT2D eigenvalue weighted by atomic mass is 32.2. The summed E-state index contributed by atoms with van der Waals surface area (Å²) < 4.78 is 7.21. The van der Waals surface area contributed by atoms with Crippen molar-refractivity contribution in [1.82, 2.24) is 20.1 Å². The standard InChI is InChI=1S/C20H25N5O2S/c1-15-17(10-13-27-15)19-22-23-20(25(19)3)28-14-18(26)21-11-7-12-24(2)16-8-5-4-6-9-16/h4-6,8-10,13H,7,11-12,14H2,1-3H3,(H,21,26). The number of carbonyl (C=O) groups is 1. The first-order valence-electron chi connectivity index (χ1n) is 9.16. The predicted octanol–water partition coefficient (Wildman–Crippen LogP) is 3.12. The number of anilines is 1. The number of hydrogen-bond acceptors (Lipinski definition) is 6. The number of hydrogen-bond donors (Lipinski definition) is 1. The van der Waals surface area contributed by atoms with Gasteiger partial charge in [-0.25, -0.2) is 0 Å². The van der Waals surface area contributed by atoms with E-state index in [1.165, 1.54) is 17.4 Å². The van der Waals surface area contributed by atoms with Gasteiger partial charge in [0.2, 0.25) is 5.91 Å². The Labute approximate surface area is 169 Å². The van der Waals surface area contributed by atoms with Gasteiger partial charge in [0.15, 0.2) is 11.0 Å².